The number of nitrogens with two attached hydrogens (primary N) is 1. The van der Waals surface area contributed by atoms with Crippen LogP contribution in [-0.4, -0.2) is 5.84 Å². The van der Waals surface area contributed by atoms with Gasteiger partial charge in [-0.1, -0.05) is 81.1 Å². The van der Waals surface area contributed by atoms with Crippen LogP contribution in [-0.2, 0) is 0 Å². The van der Waals surface area contributed by atoms with Gasteiger partial charge in [0.25, 0.3) is 0 Å². The molecule has 2 N–H and O–H groups in total. The molecule has 2 aromatic carbocycles. The summed E-state index contributed by atoms with van der Waals surface area (Å²) in [5.41, 5.74) is 8.48. The van der Waals surface area contributed by atoms with E-state index in [4.69, 9.17) is 5.73 Å². The Morgan fingerprint density at radius 1 is 0.842 bits per heavy atom. The van der Waals surface area contributed by atoms with E-state index >= 15 is 0 Å². The summed E-state index contributed by atoms with van der Waals surface area (Å²) in [6.45, 7) is 7.92. The fourth-order valence-electron chi connectivity index (χ4n) is 1.51. The normalized spacial score (nSPS) is 10.3. The van der Waals surface area contributed by atoms with Crippen molar-refractivity contribution in [1.29, 1.82) is 0 Å². The molecule has 98 valence electrons. The fraction of sp³-hybridized carbons (Fsp3) is 0.118. The van der Waals surface area contributed by atoms with Crippen molar-refractivity contribution in [3.05, 3.63) is 78.4 Å². The number of hydrogen-bond acceptors (Lipinski definition) is 1. The molecule has 0 aliphatic heterocycles. The Labute approximate surface area is 115 Å². The van der Waals surface area contributed by atoms with Gasteiger partial charge in [-0.05, 0) is 5.56 Å². The fourth-order valence-corrected chi connectivity index (χ4v) is 1.51. The Morgan fingerprint density at radius 3 is 1.74 bits per heavy atom. The van der Waals surface area contributed by atoms with Crippen molar-refractivity contribution in [2.24, 2.45) is 10.7 Å². The summed E-state index contributed by atoms with van der Waals surface area (Å²) in [5, 5.41) is 0. The van der Waals surface area contributed by atoms with E-state index in [-0.39, 0.29) is 0 Å². The van der Waals surface area contributed by atoms with Gasteiger partial charge in [0, 0.05) is 5.56 Å². The molecule has 0 amide bonds. The van der Waals surface area contributed by atoms with E-state index in [1.807, 2.05) is 74.5 Å². The molecule has 0 aliphatic carbocycles. The van der Waals surface area contributed by atoms with Gasteiger partial charge in [0.2, 0.25) is 0 Å². The minimum atomic E-state index is 0.486. The second-order valence-electron chi connectivity index (χ2n) is 3.68. The zero-order valence-corrected chi connectivity index (χ0v) is 11.5. The molecule has 0 unspecified atom stereocenters. The van der Waals surface area contributed by atoms with Gasteiger partial charge in [-0.15, -0.1) is 0 Å². The van der Waals surface area contributed by atoms with Crippen LogP contribution in [0.4, 0.5) is 0 Å². The predicted octanol–water partition coefficient (Wildman–Crippen LogP) is 4.09. The topological polar surface area (TPSA) is 38.4 Å². The standard InChI is InChI=1S/C15H14N2.C2H6/c1-12(13-8-4-2-5-9-13)17-15(16)14-10-6-3-7-11-14;1-2/h2-11H,1H2,(H2,16,17);1-2H3. The molecule has 2 rings (SSSR count). The van der Waals surface area contributed by atoms with Gasteiger partial charge in [-0.2, -0.15) is 0 Å². The molecule has 0 fully saturated rings. The average molecular weight is 252 g/mol. The molecule has 0 atom stereocenters. The van der Waals surface area contributed by atoms with E-state index in [0.29, 0.717) is 11.5 Å². The van der Waals surface area contributed by atoms with Gasteiger partial charge >= 0.3 is 0 Å². The first-order valence-electron chi connectivity index (χ1n) is 6.41. The number of amidine groups is 1. The molecule has 0 spiro atoms. The number of aliphatic imine (C=N–C) groups is 1. The molecule has 0 heterocycles. The van der Waals surface area contributed by atoms with Crippen LogP contribution in [0.15, 0.2) is 72.2 Å². The van der Waals surface area contributed by atoms with Crippen LogP contribution in [0.1, 0.15) is 25.0 Å². The molecule has 0 aliphatic rings. The molecular weight excluding hydrogens is 232 g/mol. The van der Waals surface area contributed by atoms with E-state index < -0.39 is 0 Å². The smallest absolute Gasteiger partial charge is 0.131 e. The van der Waals surface area contributed by atoms with E-state index in [2.05, 4.69) is 11.6 Å². The lowest BCUT2D eigenvalue weighted by Gasteiger charge is -2.03. The first-order valence-corrected chi connectivity index (χ1v) is 6.41. The van der Waals surface area contributed by atoms with E-state index in [0.717, 1.165) is 11.1 Å². The van der Waals surface area contributed by atoms with Crippen LogP contribution in [0.5, 0.6) is 0 Å². The Kier molecular flexibility index (Phi) is 6.10. The van der Waals surface area contributed by atoms with E-state index in [9.17, 15) is 0 Å². The van der Waals surface area contributed by atoms with Crippen molar-refractivity contribution < 1.29 is 0 Å². The first kappa shape index (κ1) is 14.7. The van der Waals surface area contributed by atoms with Gasteiger partial charge in [-0.25, -0.2) is 4.99 Å². The number of benzene rings is 2. The van der Waals surface area contributed by atoms with Crippen molar-refractivity contribution in [1.82, 2.24) is 0 Å². The van der Waals surface area contributed by atoms with Crippen molar-refractivity contribution in [3.63, 3.8) is 0 Å². The summed E-state index contributed by atoms with van der Waals surface area (Å²) in [6.07, 6.45) is 0. The van der Waals surface area contributed by atoms with Crippen LogP contribution in [0.3, 0.4) is 0 Å². The monoisotopic (exact) mass is 252 g/mol. The lowest BCUT2D eigenvalue weighted by molar-refractivity contribution is 1.46. The maximum absolute atomic E-state index is 5.92. The summed E-state index contributed by atoms with van der Waals surface area (Å²) in [7, 11) is 0. The first-order chi connectivity index (χ1) is 9.27. The van der Waals surface area contributed by atoms with E-state index in [1.54, 1.807) is 0 Å². The van der Waals surface area contributed by atoms with Gasteiger partial charge in [-0.3, -0.25) is 0 Å². The van der Waals surface area contributed by atoms with Crippen LogP contribution in [0, 0.1) is 0 Å². The highest BCUT2D eigenvalue weighted by atomic mass is 14.9. The van der Waals surface area contributed by atoms with Gasteiger partial charge in [0.15, 0.2) is 0 Å². The third kappa shape index (κ3) is 4.43. The lowest BCUT2D eigenvalue weighted by Crippen LogP contribution is -2.12. The molecular formula is C17H20N2. The lowest BCUT2D eigenvalue weighted by atomic mass is 10.1. The van der Waals surface area contributed by atoms with Gasteiger partial charge in [0.05, 0.1) is 5.70 Å². The van der Waals surface area contributed by atoms with E-state index in [1.165, 1.54) is 0 Å². The predicted molar refractivity (Wildman–Crippen MR) is 84.0 cm³/mol. The second-order valence-corrected chi connectivity index (χ2v) is 3.68. The Bertz CT molecular complexity index is 528. The largest absolute Gasteiger partial charge is 0.383 e. The molecule has 0 saturated carbocycles. The summed E-state index contributed by atoms with van der Waals surface area (Å²) in [5.74, 6) is 0.486. The quantitative estimate of drug-likeness (QED) is 0.648. The van der Waals surface area contributed by atoms with Crippen LogP contribution < -0.4 is 5.73 Å². The SMILES string of the molecule is C=C(N=C(N)c1ccccc1)c1ccccc1.CC. The molecule has 2 nitrogen and oxygen atoms in total. The number of nitrogens with zero attached hydrogens (tertiary/aromatic N) is 1. The second kappa shape index (κ2) is 7.88. The van der Waals surface area contributed by atoms with Crippen LogP contribution in [0.2, 0.25) is 0 Å². The molecule has 2 heteroatoms. The summed E-state index contributed by atoms with van der Waals surface area (Å²) in [4.78, 5) is 4.32. The van der Waals surface area contributed by atoms with Gasteiger partial charge in [0.1, 0.15) is 5.84 Å². The van der Waals surface area contributed by atoms with Gasteiger partial charge < -0.3 is 5.73 Å². The molecule has 0 radical (unpaired) electrons. The number of rotatable bonds is 3. The summed E-state index contributed by atoms with van der Waals surface area (Å²) >= 11 is 0. The third-order valence-electron chi connectivity index (χ3n) is 2.43. The summed E-state index contributed by atoms with van der Waals surface area (Å²) < 4.78 is 0. The molecule has 19 heavy (non-hydrogen) atoms. The van der Waals surface area contributed by atoms with Crippen molar-refractivity contribution in [3.8, 4) is 0 Å². The molecule has 0 saturated heterocycles. The molecule has 0 aromatic heterocycles. The highest BCUT2D eigenvalue weighted by Crippen LogP contribution is 2.13. The Morgan fingerprint density at radius 2 is 1.26 bits per heavy atom. The molecule has 2 aromatic rings. The van der Waals surface area contributed by atoms with Crippen LogP contribution in [0.25, 0.3) is 5.70 Å². The number of hydrogen-bond donors (Lipinski definition) is 1. The van der Waals surface area contributed by atoms with Crippen molar-refractivity contribution in [2.45, 2.75) is 13.8 Å². The highest BCUT2D eigenvalue weighted by Gasteiger charge is 1.99. The highest BCUT2D eigenvalue weighted by molar-refractivity contribution is 6.00. The molecule has 0 bridgehead atoms. The van der Waals surface area contributed by atoms with Crippen LogP contribution >= 0.6 is 0 Å². The third-order valence-corrected chi connectivity index (χ3v) is 2.43. The Hall–Kier alpha value is -2.35. The van der Waals surface area contributed by atoms with Crippen molar-refractivity contribution in [2.75, 3.05) is 0 Å². The Balaban J connectivity index is 0.000000861. The zero-order valence-electron chi connectivity index (χ0n) is 11.5. The maximum Gasteiger partial charge on any atom is 0.131 e. The van der Waals surface area contributed by atoms with Crippen molar-refractivity contribution >= 4 is 11.5 Å². The summed E-state index contributed by atoms with van der Waals surface area (Å²) in [6, 6.07) is 19.5. The minimum Gasteiger partial charge on any atom is -0.383 e. The minimum absolute atomic E-state index is 0.486. The zero-order chi connectivity index (χ0) is 14.1. The maximum atomic E-state index is 5.92. The average Bonchev–Trinajstić information content (AvgIpc) is 2.51.